The van der Waals surface area contributed by atoms with Crippen LogP contribution in [0.5, 0.6) is 0 Å². The van der Waals surface area contributed by atoms with E-state index < -0.39 is 11.6 Å². The lowest BCUT2D eigenvalue weighted by Crippen LogP contribution is -2.04. The van der Waals surface area contributed by atoms with Gasteiger partial charge in [0.1, 0.15) is 11.3 Å². The van der Waals surface area contributed by atoms with E-state index >= 15 is 0 Å². The number of fused-ring (bicyclic) bond motifs is 1. The number of nitrogen functional groups attached to an aromatic ring is 1. The first kappa shape index (κ1) is 13.1. The number of hydrogen-bond acceptors (Lipinski definition) is 2. The highest BCUT2D eigenvalue weighted by atomic mass is 79.9. The number of halogens is 3. The van der Waals surface area contributed by atoms with Gasteiger partial charge in [-0.1, -0.05) is 28.1 Å². The number of aromatic nitrogens is 2. The third kappa shape index (κ3) is 2.27. The maximum Gasteiger partial charge on any atom is 0.201 e. The molecule has 3 nitrogen and oxygen atoms in total. The lowest BCUT2D eigenvalue weighted by molar-refractivity contribution is 0.590. The van der Waals surface area contributed by atoms with Gasteiger partial charge in [0.05, 0.1) is 12.1 Å². The van der Waals surface area contributed by atoms with Crippen molar-refractivity contribution in [1.29, 1.82) is 0 Å². The number of anilines is 1. The Balaban J connectivity index is 2.11. The second-order valence-corrected chi connectivity index (χ2v) is 5.35. The van der Waals surface area contributed by atoms with E-state index in [1.807, 2.05) is 24.3 Å². The molecule has 1 heterocycles. The van der Waals surface area contributed by atoms with E-state index in [9.17, 15) is 8.78 Å². The predicted molar refractivity (Wildman–Crippen MR) is 77.3 cm³/mol. The highest BCUT2D eigenvalue weighted by molar-refractivity contribution is 9.10. The van der Waals surface area contributed by atoms with Crippen molar-refractivity contribution in [2.75, 3.05) is 5.73 Å². The molecule has 0 fully saturated rings. The van der Waals surface area contributed by atoms with Gasteiger partial charge in [0.25, 0.3) is 0 Å². The Morgan fingerprint density at radius 2 is 1.85 bits per heavy atom. The number of rotatable bonds is 2. The van der Waals surface area contributed by atoms with Gasteiger partial charge in [-0.05, 0) is 17.7 Å². The molecule has 0 aliphatic heterocycles. The molecule has 20 heavy (non-hydrogen) atoms. The van der Waals surface area contributed by atoms with Crippen LogP contribution in [0.25, 0.3) is 11.0 Å². The molecule has 0 aliphatic rings. The Hall–Kier alpha value is -1.95. The molecule has 0 aliphatic carbocycles. The SMILES string of the molecule is Nc1nc2c(F)cc(F)cc2n1Cc1ccc(Br)cc1. The Bertz CT molecular complexity index is 781. The summed E-state index contributed by atoms with van der Waals surface area (Å²) in [4.78, 5) is 3.96. The normalized spacial score (nSPS) is 11.2. The van der Waals surface area contributed by atoms with Crippen LogP contribution in [0.4, 0.5) is 14.7 Å². The Kier molecular flexibility index (Phi) is 3.17. The molecule has 2 N–H and O–H groups in total. The van der Waals surface area contributed by atoms with Crippen molar-refractivity contribution < 1.29 is 8.78 Å². The van der Waals surface area contributed by atoms with Gasteiger partial charge in [0.15, 0.2) is 5.82 Å². The van der Waals surface area contributed by atoms with Crippen LogP contribution in [0.1, 0.15) is 5.56 Å². The van der Waals surface area contributed by atoms with E-state index in [1.165, 1.54) is 6.07 Å². The molecule has 0 spiro atoms. The third-order valence-corrected chi connectivity index (χ3v) is 3.58. The van der Waals surface area contributed by atoms with Crippen molar-refractivity contribution in [3.63, 3.8) is 0 Å². The molecule has 0 saturated carbocycles. The first-order valence-corrected chi connectivity index (χ1v) is 6.69. The van der Waals surface area contributed by atoms with Crippen molar-refractivity contribution in [2.45, 2.75) is 6.54 Å². The summed E-state index contributed by atoms with van der Waals surface area (Å²) < 4.78 is 29.6. The predicted octanol–water partition coefficient (Wildman–Crippen LogP) is 3.71. The second kappa shape index (κ2) is 4.86. The van der Waals surface area contributed by atoms with Crippen LogP contribution >= 0.6 is 15.9 Å². The third-order valence-electron chi connectivity index (χ3n) is 3.06. The minimum atomic E-state index is -0.707. The van der Waals surface area contributed by atoms with Gasteiger partial charge in [-0.15, -0.1) is 0 Å². The number of hydrogen-bond donors (Lipinski definition) is 1. The van der Waals surface area contributed by atoms with Gasteiger partial charge in [-0.25, -0.2) is 13.8 Å². The Morgan fingerprint density at radius 3 is 2.55 bits per heavy atom. The van der Waals surface area contributed by atoms with Crippen molar-refractivity contribution in [3.8, 4) is 0 Å². The zero-order valence-electron chi connectivity index (χ0n) is 10.3. The van der Waals surface area contributed by atoms with E-state index in [1.54, 1.807) is 4.57 Å². The van der Waals surface area contributed by atoms with Crippen LogP contribution in [-0.4, -0.2) is 9.55 Å². The summed E-state index contributed by atoms with van der Waals surface area (Å²) in [7, 11) is 0. The summed E-state index contributed by atoms with van der Waals surface area (Å²) in [6.45, 7) is 0.401. The Labute approximate surface area is 122 Å². The molecule has 3 rings (SSSR count). The molecule has 1 aromatic heterocycles. The maximum atomic E-state index is 13.7. The van der Waals surface area contributed by atoms with Crippen LogP contribution in [-0.2, 0) is 6.54 Å². The highest BCUT2D eigenvalue weighted by Crippen LogP contribution is 2.23. The van der Waals surface area contributed by atoms with E-state index in [0.717, 1.165) is 16.1 Å². The highest BCUT2D eigenvalue weighted by Gasteiger charge is 2.14. The van der Waals surface area contributed by atoms with E-state index in [4.69, 9.17) is 5.73 Å². The fourth-order valence-electron chi connectivity index (χ4n) is 2.11. The van der Waals surface area contributed by atoms with Crippen molar-refractivity contribution in [1.82, 2.24) is 9.55 Å². The first-order chi connectivity index (χ1) is 9.54. The molecule has 0 unspecified atom stereocenters. The van der Waals surface area contributed by atoms with E-state index in [2.05, 4.69) is 20.9 Å². The molecule has 0 amide bonds. The van der Waals surface area contributed by atoms with E-state index in [0.29, 0.717) is 12.1 Å². The van der Waals surface area contributed by atoms with Gasteiger partial charge in [-0.2, -0.15) is 0 Å². The molecular weight excluding hydrogens is 328 g/mol. The van der Waals surface area contributed by atoms with Gasteiger partial charge in [0, 0.05) is 16.6 Å². The summed E-state index contributed by atoms with van der Waals surface area (Å²) in [5.41, 5.74) is 7.20. The molecular formula is C14H10BrF2N3. The van der Waals surface area contributed by atoms with Crippen molar-refractivity contribution in [3.05, 3.63) is 58.1 Å². The fourth-order valence-corrected chi connectivity index (χ4v) is 2.37. The van der Waals surface area contributed by atoms with Crippen LogP contribution in [0.15, 0.2) is 40.9 Å². The number of nitrogens with zero attached hydrogens (tertiary/aromatic N) is 2. The Morgan fingerprint density at radius 1 is 1.15 bits per heavy atom. The number of benzene rings is 2. The molecule has 0 bridgehead atoms. The van der Waals surface area contributed by atoms with Gasteiger partial charge < -0.3 is 10.3 Å². The lowest BCUT2D eigenvalue weighted by Gasteiger charge is -2.07. The quantitative estimate of drug-likeness (QED) is 0.774. The monoisotopic (exact) mass is 337 g/mol. The summed E-state index contributed by atoms with van der Waals surface area (Å²) >= 11 is 3.35. The van der Waals surface area contributed by atoms with Gasteiger partial charge in [-0.3, -0.25) is 0 Å². The summed E-state index contributed by atoms with van der Waals surface area (Å²) in [5, 5.41) is 0. The van der Waals surface area contributed by atoms with Crippen LogP contribution in [0.3, 0.4) is 0 Å². The molecule has 0 saturated heterocycles. The first-order valence-electron chi connectivity index (χ1n) is 5.90. The zero-order valence-corrected chi connectivity index (χ0v) is 11.9. The smallest absolute Gasteiger partial charge is 0.201 e. The van der Waals surface area contributed by atoms with E-state index in [-0.39, 0.29) is 11.5 Å². The second-order valence-electron chi connectivity index (χ2n) is 4.44. The lowest BCUT2D eigenvalue weighted by atomic mass is 10.2. The minimum Gasteiger partial charge on any atom is -0.369 e. The largest absolute Gasteiger partial charge is 0.369 e. The standard InChI is InChI=1S/C14H10BrF2N3/c15-9-3-1-8(2-4-9)7-20-12-6-10(16)5-11(17)13(12)19-14(20)18/h1-6H,7H2,(H2,18,19). The number of nitrogens with two attached hydrogens (primary N) is 1. The minimum absolute atomic E-state index is 0.0843. The average molecular weight is 338 g/mol. The molecule has 0 radical (unpaired) electrons. The summed E-state index contributed by atoms with van der Waals surface area (Å²) in [6, 6.07) is 9.65. The summed E-state index contributed by atoms with van der Waals surface area (Å²) in [5.74, 6) is -1.19. The van der Waals surface area contributed by atoms with Crippen molar-refractivity contribution >= 4 is 32.9 Å². The fraction of sp³-hybridized carbons (Fsp3) is 0.0714. The van der Waals surface area contributed by atoms with Crippen LogP contribution in [0, 0.1) is 11.6 Å². The molecule has 6 heteroatoms. The topological polar surface area (TPSA) is 43.8 Å². The van der Waals surface area contributed by atoms with Gasteiger partial charge in [0.2, 0.25) is 5.95 Å². The molecule has 102 valence electrons. The van der Waals surface area contributed by atoms with Crippen LogP contribution in [0.2, 0.25) is 0 Å². The van der Waals surface area contributed by atoms with Gasteiger partial charge >= 0.3 is 0 Å². The molecule has 2 aromatic carbocycles. The zero-order chi connectivity index (χ0) is 14.3. The molecule has 0 atom stereocenters. The maximum absolute atomic E-state index is 13.7. The number of imidazole rings is 1. The van der Waals surface area contributed by atoms with Crippen molar-refractivity contribution in [2.24, 2.45) is 0 Å². The van der Waals surface area contributed by atoms with Crippen LogP contribution < -0.4 is 5.73 Å². The average Bonchev–Trinajstić information content (AvgIpc) is 2.70. The summed E-state index contributed by atoms with van der Waals surface area (Å²) in [6.07, 6.45) is 0. The molecule has 3 aromatic rings.